The monoisotopic (exact) mass is 449 g/mol. The summed E-state index contributed by atoms with van der Waals surface area (Å²) in [6.07, 6.45) is 8.15. The summed E-state index contributed by atoms with van der Waals surface area (Å²) < 4.78 is 1.82. The van der Waals surface area contributed by atoms with Crippen molar-refractivity contribution in [3.63, 3.8) is 0 Å². The highest BCUT2D eigenvalue weighted by Crippen LogP contribution is 2.47. The van der Waals surface area contributed by atoms with Gasteiger partial charge in [-0.3, -0.25) is 9.89 Å². The number of H-pyrrole nitrogens is 1. The Hall–Kier alpha value is -3.14. The van der Waals surface area contributed by atoms with Crippen molar-refractivity contribution in [3.8, 4) is 0 Å². The number of hydrogen-bond acceptors (Lipinski definition) is 7. The van der Waals surface area contributed by atoms with Crippen LogP contribution in [0, 0.1) is 0 Å². The lowest BCUT2D eigenvalue weighted by atomic mass is 10.1. The molecule has 2 aliphatic heterocycles. The number of carbonyl (C=O) groups is 1. The Balaban J connectivity index is 1.25. The predicted octanol–water partition coefficient (Wildman–Crippen LogP) is 2.08. The summed E-state index contributed by atoms with van der Waals surface area (Å²) in [6, 6.07) is 5.94. The van der Waals surface area contributed by atoms with E-state index in [0.29, 0.717) is 11.8 Å². The average molecular weight is 450 g/mol. The summed E-state index contributed by atoms with van der Waals surface area (Å²) in [5.41, 5.74) is 2.24. The number of rotatable bonds is 6. The summed E-state index contributed by atoms with van der Waals surface area (Å²) >= 11 is 0. The highest BCUT2D eigenvalue weighted by molar-refractivity contribution is 5.86. The van der Waals surface area contributed by atoms with Crippen LogP contribution in [0.4, 0.5) is 17.6 Å². The average Bonchev–Trinajstić information content (AvgIpc) is 3.28. The van der Waals surface area contributed by atoms with Crippen molar-refractivity contribution in [2.45, 2.75) is 62.9 Å². The number of amides is 1. The minimum Gasteiger partial charge on any atom is -0.350 e. The first-order valence-corrected chi connectivity index (χ1v) is 12.1. The van der Waals surface area contributed by atoms with Crippen molar-refractivity contribution in [3.05, 3.63) is 30.1 Å². The Morgan fingerprint density at radius 3 is 3.00 bits per heavy atom. The molecule has 1 amide bonds. The summed E-state index contributed by atoms with van der Waals surface area (Å²) in [6.45, 7) is 4.88. The molecule has 10 nitrogen and oxygen atoms in total. The van der Waals surface area contributed by atoms with E-state index in [4.69, 9.17) is 10.1 Å². The minimum atomic E-state index is -0.250. The fourth-order valence-electron chi connectivity index (χ4n) is 4.96. The molecule has 3 aromatic rings. The number of piperidine rings is 1. The van der Waals surface area contributed by atoms with Crippen LogP contribution in [0.2, 0.25) is 0 Å². The van der Waals surface area contributed by atoms with Crippen LogP contribution in [-0.4, -0.2) is 62.4 Å². The fraction of sp³-hybridized carbons (Fsp3) is 0.565. The highest BCUT2D eigenvalue weighted by Gasteiger charge is 2.41. The molecule has 1 aliphatic carbocycles. The van der Waals surface area contributed by atoms with Crippen LogP contribution in [0.1, 0.15) is 51.1 Å². The van der Waals surface area contributed by atoms with Gasteiger partial charge in [0.25, 0.3) is 0 Å². The van der Waals surface area contributed by atoms with Crippen LogP contribution in [-0.2, 0) is 10.2 Å². The van der Waals surface area contributed by atoms with Crippen LogP contribution in [0.3, 0.4) is 0 Å². The molecular formula is C23H31N9O. The third-order valence-corrected chi connectivity index (χ3v) is 7.31. The van der Waals surface area contributed by atoms with Gasteiger partial charge in [-0.2, -0.15) is 10.1 Å². The predicted molar refractivity (Wildman–Crippen MR) is 126 cm³/mol. The van der Waals surface area contributed by atoms with Crippen molar-refractivity contribution in [2.24, 2.45) is 0 Å². The van der Waals surface area contributed by atoms with Crippen molar-refractivity contribution < 1.29 is 4.79 Å². The van der Waals surface area contributed by atoms with Gasteiger partial charge in [-0.25, -0.2) is 4.52 Å². The maximum Gasteiger partial charge on any atom is 0.246 e. The minimum absolute atomic E-state index is 0.0709. The molecule has 2 atom stereocenters. The van der Waals surface area contributed by atoms with E-state index in [0.717, 1.165) is 62.3 Å². The number of nitrogens with one attached hydrogen (secondary N) is 4. The molecule has 2 saturated heterocycles. The number of carbonyl (C=O) groups excluding carboxylic acids is 1. The molecule has 6 rings (SSSR count). The Labute approximate surface area is 192 Å². The summed E-state index contributed by atoms with van der Waals surface area (Å²) in [5.74, 6) is 2.06. The lowest BCUT2D eigenvalue weighted by Gasteiger charge is -2.28. The van der Waals surface area contributed by atoms with Crippen LogP contribution < -0.4 is 20.9 Å². The second-order valence-electron chi connectivity index (χ2n) is 9.85. The summed E-state index contributed by atoms with van der Waals surface area (Å²) in [4.78, 5) is 20.0. The number of nitrogens with zero attached hydrogens (tertiary/aromatic N) is 5. The molecule has 4 N–H and O–H groups in total. The summed E-state index contributed by atoms with van der Waals surface area (Å²) in [7, 11) is 0. The maximum absolute atomic E-state index is 13.1. The van der Waals surface area contributed by atoms with Gasteiger partial charge in [-0.15, -0.1) is 5.10 Å². The quantitative estimate of drug-likeness (QED) is 0.455. The standard InChI is InChI=1S/C23H31N9O/c1-23(8-9-23)18-13-19(29-28-18)26-20-16-6-4-12-32(16)30-22(27-20)31-11-3-7-17(31)21(33)25-15-5-2-10-24-14-15/h4,6,12-13,15,17,24H,2-3,5,7-11,14H2,1H3,(H,25,33)(H2,26,27,28,29,30)/t15-,17+/m1/s1. The Kier molecular flexibility index (Phi) is 4.97. The first kappa shape index (κ1) is 20.5. The van der Waals surface area contributed by atoms with Crippen molar-refractivity contribution in [1.82, 2.24) is 35.4 Å². The number of aromatic nitrogens is 5. The zero-order chi connectivity index (χ0) is 22.4. The SMILES string of the molecule is CC1(c2cc(Nc3nc(N4CCC[C@H]4C(=O)N[C@@H]4CCCNC4)nn4cccc34)n[nH]2)CC1. The third-order valence-electron chi connectivity index (χ3n) is 7.31. The van der Waals surface area contributed by atoms with Gasteiger partial charge in [0.1, 0.15) is 11.6 Å². The van der Waals surface area contributed by atoms with Crippen LogP contribution in [0.15, 0.2) is 24.4 Å². The Morgan fingerprint density at radius 1 is 1.27 bits per heavy atom. The van der Waals surface area contributed by atoms with Gasteiger partial charge in [-0.1, -0.05) is 6.92 Å². The zero-order valence-corrected chi connectivity index (χ0v) is 19.0. The van der Waals surface area contributed by atoms with Gasteiger partial charge in [0.15, 0.2) is 11.6 Å². The van der Waals surface area contributed by atoms with E-state index in [1.54, 1.807) is 0 Å². The van der Waals surface area contributed by atoms with Crippen molar-refractivity contribution in [1.29, 1.82) is 0 Å². The van der Waals surface area contributed by atoms with Crippen molar-refractivity contribution in [2.75, 3.05) is 29.9 Å². The first-order valence-electron chi connectivity index (χ1n) is 12.1. The molecule has 33 heavy (non-hydrogen) atoms. The molecule has 174 valence electrons. The molecule has 0 spiro atoms. The lowest BCUT2D eigenvalue weighted by molar-refractivity contribution is -0.123. The van der Waals surface area contributed by atoms with E-state index in [2.05, 4.69) is 39.1 Å². The van der Waals surface area contributed by atoms with Gasteiger partial charge in [-0.05, 0) is 57.2 Å². The number of hydrogen-bond donors (Lipinski definition) is 4. The molecule has 0 bridgehead atoms. The van der Waals surface area contributed by atoms with Gasteiger partial charge in [0.2, 0.25) is 11.9 Å². The number of aromatic amines is 1. The van der Waals surface area contributed by atoms with Crippen molar-refractivity contribution >= 4 is 29.0 Å². The highest BCUT2D eigenvalue weighted by atomic mass is 16.2. The summed E-state index contributed by atoms with van der Waals surface area (Å²) in [5, 5.41) is 22.3. The first-order chi connectivity index (χ1) is 16.1. The Bertz CT molecular complexity index is 1160. The van der Waals surface area contributed by atoms with E-state index in [-0.39, 0.29) is 23.4 Å². The Morgan fingerprint density at radius 2 is 2.18 bits per heavy atom. The normalized spacial score (nSPS) is 24.2. The van der Waals surface area contributed by atoms with E-state index in [1.807, 2.05) is 27.7 Å². The molecule has 5 heterocycles. The second-order valence-corrected chi connectivity index (χ2v) is 9.85. The number of fused-ring (bicyclic) bond motifs is 1. The van der Waals surface area contributed by atoms with Gasteiger partial charge < -0.3 is 20.9 Å². The largest absolute Gasteiger partial charge is 0.350 e. The van der Waals surface area contributed by atoms with E-state index < -0.39 is 0 Å². The molecule has 3 fully saturated rings. The smallest absolute Gasteiger partial charge is 0.246 e. The fourth-order valence-corrected chi connectivity index (χ4v) is 4.96. The third kappa shape index (κ3) is 3.92. The van der Waals surface area contributed by atoms with E-state index in [1.165, 1.54) is 12.8 Å². The number of anilines is 3. The van der Waals surface area contributed by atoms with Crippen LogP contribution in [0.5, 0.6) is 0 Å². The maximum atomic E-state index is 13.1. The molecule has 3 aliphatic rings. The van der Waals surface area contributed by atoms with Gasteiger partial charge >= 0.3 is 0 Å². The molecule has 0 aromatic carbocycles. The van der Waals surface area contributed by atoms with E-state index in [9.17, 15) is 4.79 Å². The molecule has 3 aromatic heterocycles. The molecular weight excluding hydrogens is 418 g/mol. The van der Waals surface area contributed by atoms with E-state index >= 15 is 0 Å². The molecule has 0 unspecified atom stereocenters. The lowest BCUT2D eigenvalue weighted by Crippen LogP contribution is -2.51. The van der Waals surface area contributed by atoms with Gasteiger partial charge in [0.05, 0.1) is 0 Å². The molecule has 10 heteroatoms. The topological polar surface area (TPSA) is 115 Å². The zero-order valence-electron chi connectivity index (χ0n) is 19.0. The van der Waals surface area contributed by atoms with Crippen LogP contribution >= 0.6 is 0 Å². The van der Waals surface area contributed by atoms with Gasteiger partial charge in [0, 0.05) is 42.5 Å². The second kappa shape index (κ2) is 8.02. The molecule has 0 radical (unpaired) electrons. The van der Waals surface area contributed by atoms with Crippen LogP contribution in [0.25, 0.3) is 5.52 Å². The molecule has 1 saturated carbocycles.